The van der Waals surface area contributed by atoms with Crippen molar-refractivity contribution in [1.82, 2.24) is 0 Å². The van der Waals surface area contributed by atoms with Crippen LogP contribution in [0.15, 0.2) is 6.07 Å². The lowest BCUT2D eigenvalue weighted by molar-refractivity contribution is 0.350. The van der Waals surface area contributed by atoms with Crippen molar-refractivity contribution in [2.75, 3.05) is 14.2 Å². The van der Waals surface area contributed by atoms with Gasteiger partial charge in [-0.2, -0.15) is 0 Å². The molecule has 0 heterocycles. The van der Waals surface area contributed by atoms with Gasteiger partial charge < -0.3 is 20.3 Å². The van der Waals surface area contributed by atoms with Crippen molar-refractivity contribution in [2.24, 2.45) is 5.73 Å². The van der Waals surface area contributed by atoms with E-state index in [1.807, 2.05) is 0 Å². The quantitative estimate of drug-likeness (QED) is 0.867. The fraction of sp³-hybridized carbons (Fsp3) is 0.500. The average molecular weight is 258 g/mol. The predicted octanol–water partition coefficient (Wildman–Crippen LogP) is 2.10. The molecule has 5 heteroatoms. The van der Waals surface area contributed by atoms with E-state index in [0.717, 1.165) is 12.8 Å². The predicted molar refractivity (Wildman–Crippen MR) is 66.1 cm³/mol. The van der Waals surface area contributed by atoms with Crippen molar-refractivity contribution in [2.45, 2.75) is 24.8 Å². The van der Waals surface area contributed by atoms with E-state index in [9.17, 15) is 5.11 Å². The van der Waals surface area contributed by atoms with Crippen LogP contribution in [0.3, 0.4) is 0 Å². The van der Waals surface area contributed by atoms with Gasteiger partial charge in [-0.3, -0.25) is 0 Å². The monoisotopic (exact) mass is 257 g/mol. The first kappa shape index (κ1) is 12.3. The van der Waals surface area contributed by atoms with Crippen molar-refractivity contribution < 1.29 is 14.6 Å². The number of ether oxygens (including phenoxy) is 2. The van der Waals surface area contributed by atoms with Crippen LogP contribution in [0.1, 0.15) is 18.4 Å². The number of methoxy groups -OCH3 is 2. The molecule has 0 amide bonds. The molecule has 0 aromatic heterocycles. The summed E-state index contributed by atoms with van der Waals surface area (Å²) in [5, 5.41) is 10.2. The summed E-state index contributed by atoms with van der Waals surface area (Å²) in [6, 6.07) is 1.73. The summed E-state index contributed by atoms with van der Waals surface area (Å²) in [4.78, 5) is 0. The molecule has 1 aliphatic carbocycles. The number of hydrogen-bond donors (Lipinski definition) is 2. The maximum Gasteiger partial charge on any atom is 0.183 e. The van der Waals surface area contributed by atoms with E-state index in [1.54, 1.807) is 6.07 Å². The molecule has 4 nitrogen and oxygen atoms in total. The summed E-state index contributed by atoms with van der Waals surface area (Å²) in [5.74, 6) is 0.882. The molecule has 1 saturated carbocycles. The minimum Gasteiger partial charge on any atom is -0.506 e. The summed E-state index contributed by atoms with van der Waals surface area (Å²) >= 11 is 6.04. The van der Waals surface area contributed by atoms with Crippen LogP contribution in [0, 0.1) is 0 Å². The van der Waals surface area contributed by atoms with Crippen LogP contribution in [-0.4, -0.2) is 24.9 Å². The van der Waals surface area contributed by atoms with Gasteiger partial charge in [0.25, 0.3) is 0 Å². The zero-order valence-corrected chi connectivity index (χ0v) is 10.7. The van der Waals surface area contributed by atoms with Crippen molar-refractivity contribution in [1.29, 1.82) is 0 Å². The maximum absolute atomic E-state index is 10.00. The zero-order chi connectivity index (χ0) is 12.6. The van der Waals surface area contributed by atoms with Crippen LogP contribution < -0.4 is 15.2 Å². The molecule has 0 saturated heterocycles. The van der Waals surface area contributed by atoms with Gasteiger partial charge in [0, 0.05) is 11.1 Å². The summed E-state index contributed by atoms with van der Waals surface area (Å²) in [7, 11) is 3.01. The fourth-order valence-electron chi connectivity index (χ4n) is 1.84. The molecule has 0 spiro atoms. The maximum atomic E-state index is 10.00. The van der Waals surface area contributed by atoms with Crippen LogP contribution >= 0.6 is 11.6 Å². The van der Waals surface area contributed by atoms with Gasteiger partial charge in [0.1, 0.15) is 10.8 Å². The Labute approximate surface area is 105 Å². The molecule has 0 radical (unpaired) electrons. The Kier molecular flexibility index (Phi) is 3.10. The van der Waals surface area contributed by atoms with Gasteiger partial charge in [0.2, 0.25) is 0 Å². The normalized spacial score (nSPS) is 16.7. The van der Waals surface area contributed by atoms with Crippen LogP contribution in [0.25, 0.3) is 0 Å². The van der Waals surface area contributed by atoms with Crippen LogP contribution in [-0.2, 0) is 6.42 Å². The molecule has 0 atom stereocenters. The largest absolute Gasteiger partial charge is 0.506 e. The highest BCUT2D eigenvalue weighted by atomic mass is 35.5. The third-order valence-corrected chi connectivity index (χ3v) is 3.45. The number of rotatable bonds is 4. The molecule has 0 bridgehead atoms. The second-order valence-electron chi connectivity index (χ2n) is 4.47. The molecule has 1 aliphatic rings. The van der Waals surface area contributed by atoms with Gasteiger partial charge in [0.05, 0.1) is 14.2 Å². The number of nitrogens with two attached hydrogens (primary N) is 1. The van der Waals surface area contributed by atoms with E-state index < -0.39 is 0 Å². The summed E-state index contributed by atoms with van der Waals surface area (Å²) < 4.78 is 10.3. The number of phenolic OH excluding ortho intramolecular Hbond substituents is 1. The SMILES string of the molecule is COc1cc(CC2(N)CC2)c(O)c(Cl)c1OC. The fourth-order valence-corrected chi connectivity index (χ4v) is 2.13. The highest BCUT2D eigenvalue weighted by molar-refractivity contribution is 6.33. The Morgan fingerprint density at radius 1 is 1.41 bits per heavy atom. The summed E-state index contributed by atoms with van der Waals surface area (Å²) in [6.07, 6.45) is 2.54. The Hall–Kier alpha value is -1.13. The Morgan fingerprint density at radius 3 is 2.53 bits per heavy atom. The highest BCUT2D eigenvalue weighted by Gasteiger charge is 2.39. The molecule has 0 aliphatic heterocycles. The van der Waals surface area contributed by atoms with E-state index in [0.29, 0.717) is 23.5 Å². The first-order chi connectivity index (χ1) is 8.00. The third kappa shape index (κ3) is 2.28. The molecule has 17 heavy (non-hydrogen) atoms. The molecule has 94 valence electrons. The lowest BCUT2D eigenvalue weighted by Crippen LogP contribution is -2.24. The summed E-state index contributed by atoms with van der Waals surface area (Å²) in [6.45, 7) is 0. The van der Waals surface area contributed by atoms with Crippen molar-refractivity contribution in [3.63, 3.8) is 0 Å². The molecular formula is C12H16ClNO3. The van der Waals surface area contributed by atoms with E-state index in [4.69, 9.17) is 26.8 Å². The van der Waals surface area contributed by atoms with Crippen molar-refractivity contribution >= 4 is 11.6 Å². The summed E-state index contributed by atoms with van der Waals surface area (Å²) in [5.41, 5.74) is 6.54. The number of halogens is 1. The van der Waals surface area contributed by atoms with E-state index in [1.165, 1.54) is 14.2 Å². The van der Waals surface area contributed by atoms with Crippen LogP contribution in [0.2, 0.25) is 5.02 Å². The Bertz CT molecular complexity index is 444. The molecule has 2 rings (SSSR count). The number of aromatic hydroxyl groups is 1. The van der Waals surface area contributed by atoms with Crippen LogP contribution in [0.5, 0.6) is 17.2 Å². The second kappa shape index (κ2) is 4.27. The van der Waals surface area contributed by atoms with E-state index in [2.05, 4.69) is 0 Å². The van der Waals surface area contributed by atoms with Crippen molar-refractivity contribution in [3.8, 4) is 17.2 Å². The molecule has 3 N–H and O–H groups in total. The smallest absolute Gasteiger partial charge is 0.183 e. The van der Waals surface area contributed by atoms with Gasteiger partial charge in [-0.25, -0.2) is 0 Å². The minimum atomic E-state index is -0.194. The third-order valence-electron chi connectivity index (χ3n) is 3.10. The van der Waals surface area contributed by atoms with Gasteiger partial charge >= 0.3 is 0 Å². The molecular weight excluding hydrogens is 242 g/mol. The molecule has 1 aromatic carbocycles. The second-order valence-corrected chi connectivity index (χ2v) is 4.85. The first-order valence-electron chi connectivity index (χ1n) is 5.42. The van der Waals surface area contributed by atoms with Crippen LogP contribution in [0.4, 0.5) is 0 Å². The minimum absolute atomic E-state index is 0.0287. The van der Waals surface area contributed by atoms with Gasteiger partial charge in [-0.15, -0.1) is 0 Å². The molecule has 0 unspecified atom stereocenters. The Balaban J connectivity index is 2.42. The van der Waals surface area contributed by atoms with Gasteiger partial charge in [-0.05, 0) is 25.3 Å². The van der Waals surface area contributed by atoms with E-state index in [-0.39, 0.29) is 16.3 Å². The lowest BCUT2D eigenvalue weighted by atomic mass is 10.0. The van der Waals surface area contributed by atoms with E-state index >= 15 is 0 Å². The first-order valence-corrected chi connectivity index (χ1v) is 5.80. The standard InChI is InChI=1S/C12H16ClNO3/c1-16-8-5-7(6-12(14)3-4-12)10(15)9(13)11(8)17-2/h5,15H,3-4,6,14H2,1-2H3. The zero-order valence-electron chi connectivity index (χ0n) is 9.92. The lowest BCUT2D eigenvalue weighted by Gasteiger charge is -2.16. The van der Waals surface area contributed by atoms with Crippen molar-refractivity contribution in [3.05, 3.63) is 16.7 Å². The number of benzene rings is 1. The number of phenols is 1. The average Bonchev–Trinajstić information content (AvgIpc) is 3.02. The Morgan fingerprint density at radius 2 is 2.06 bits per heavy atom. The van der Waals surface area contributed by atoms with Gasteiger partial charge in [0.15, 0.2) is 11.5 Å². The molecule has 1 aromatic rings. The van der Waals surface area contributed by atoms with Gasteiger partial charge in [-0.1, -0.05) is 11.6 Å². The highest BCUT2D eigenvalue weighted by Crippen LogP contribution is 2.46. The number of hydrogen-bond acceptors (Lipinski definition) is 4. The topological polar surface area (TPSA) is 64.7 Å². The molecule has 1 fully saturated rings.